The number of sulfone groups is 1. The second-order valence-electron chi connectivity index (χ2n) is 4.39. The number of rotatable bonds is 8. The Kier molecular flexibility index (Phi) is 6.12. The van der Waals surface area contributed by atoms with Crippen molar-refractivity contribution in [3.8, 4) is 0 Å². The van der Waals surface area contributed by atoms with Crippen LogP contribution < -0.4 is 10.0 Å². The quantitative estimate of drug-likeness (QED) is 0.675. The summed E-state index contributed by atoms with van der Waals surface area (Å²) >= 11 is 0. The lowest BCUT2D eigenvalue weighted by molar-refractivity contribution is 0.575. The second kappa shape index (κ2) is 7.16. The summed E-state index contributed by atoms with van der Waals surface area (Å²) in [5.41, 5.74) is 0. The van der Waals surface area contributed by atoms with Gasteiger partial charge < -0.3 is 5.32 Å². The van der Waals surface area contributed by atoms with E-state index in [1.165, 1.54) is 24.3 Å². The third-order valence-corrected chi connectivity index (χ3v) is 5.19. The molecule has 0 aliphatic heterocycles. The lowest BCUT2D eigenvalue weighted by atomic mass is 10.4. The van der Waals surface area contributed by atoms with Gasteiger partial charge in [0.25, 0.3) is 0 Å². The van der Waals surface area contributed by atoms with Crippen molar-refractivity contribution in [1.29, 1.82) is 0 Å². The molecule has 0 aromatic heterocycles. The molecule has 0 aliphatic carbocycles. The zero-order valence-electron chi connectivity index (χ0n) is 11.6. The topological polar surface area (TPSA) is 92.3 Å². The van der Waals surface area contributed by atoms with Gasteiger partial charge in [-0.25, -0.2) is 21.6 Å². The number of benzene rings is 1. The monoisotopic (exact) mass is 320 g/mol. The lowest BCUT2D eigenvalue weighted by Crippen LogP contribution is -2.32. The fourth-order valence-corrected chi connectivity index (χ4v) is 3.19. The average molecular weight is 320 g/mol. The van der Waals surface area contributed by atoms with Gasteiger partial charge in [0, 0.05) is 19.3 Å². The molecule has 0 bridgehead atoms. The van der Waals surface area contributed by atoms with E-state index in [4.69, 9.17) is 0 Å². The van der Waals surface area contributed by atoms with Crippen LogP contribution in [0.15, 0.2) is 34.1 Å². The van der Waals surface area contributed by atoms with Gasteiger partial charge in [0.1, 0.15) is 0 Å². The molecule has 114 valence electrons. The molecule has 0 saturated heterocycles. The Morgan fingerprint density at radius 3 is 1.95 bits per heavy atom. The zero-order valence-corrected chi connectivity index (χ0v) is 13.2. The van der Waals surface area contributed by atoms with E-state index in [9.17, 15) is 16.8 Å². The number of sulfonamides is 1. The van der Waals surface area contributed by atoms with Crippen molar-refractivity contribution in [2.45, 2.75) is 23.1 Å². The number of nitrogens with one attached hydrogen (secondary N) is 2. The fourth-order valence-electron chi connectivity index (χ4n) is 1.52. The van der Waals surface area contributed by atoms with Gasteiger partial charge in [0.2, 0.25) is 10.0 Å². The van der Waals surface area contributed by atoms with Gasteiger partial charge >= 0.3 is 0 Å². The molecule has 1 rings (SSSR count). The van der Waals surface area contributed by atoms with E-state index in [1.807, 2.05) is 6.92 Å². The largest absolute Gasteiger partial charge is 0.315 e. The lowest BCUT2D eigenvalue weighted by Gasteiger charge is -2.08. The first-order valence-electron chi connectivity index (χ1n) is 6.28. The minimum absolute atomic E-state index is 0.0559. The molecule has 0 aliphatic rings. The molecule has 1 aromatic carbocycles. The molecule has 6 nitrogen and oxygen atoms in total. The fraction of sp³-hybridized carbons (Fsp3) is 0.500. The normalized spacial score (nSPS) is 12.5. The highest BCUT2D eigenvalue weighted by atomic mass is 32.2. The van der Waals surface area contributed by atoms with Crippen LogP contribution in [0.2, 0.25) is 0 Å². The Labute approximate surface area is 120 Å². The van der Waals surface area contributed by atoms with Crippen LogP contribution >= 0.6 is 0 Å². The van der Waals surface area contributed by atoms with Crippen LogP contribution in [0, 0.1) is 0 Å². The van der Waals surface area contributed by atoms with E-state index in [0.717, 1.165) is 19.2 Å². The summed E-state index contributed by atoms with van der Waals surface area (Å²) in [5.74, 6) is 0. The molecule has 1 aromatic rings. The van der Waals surface area contributed by atoms with Crippen LogP contribution in [-0.4, -0.2) is 42.7 Å². The highest BCUT2D eigenvalue weighted by Gasteiger charge is 2.14. The summed E-state index contributed by atoms with van der Waals surface area (Å²) in [6.45, 7) is 3.70. The molecule has 0 saturated carbocycles. The Morgan fingerprint density at radius 1 is 0.900 bits per heavy atom. The van der Waals surface area contributed by atoms with E-state index < -0.39 is 19.9 Å². The summed E-state index contributed by atoms with van der Waals surface area (Å²) in [6.07, 6.45) is 2.06. The molecule has 0 atom stereocenters. The molecule has 0 amide bonds. The van der Waals surface area contributed by atoms with Crippen LogP contribution in [0.3, 0.4) is 0 Å². The maximum absolute atomic E-state index is 11.9. The molecule has 0 heterocycles. The molecule has 0 spiro atoms. The van der Waals surface area contributed by atoms with Crippen molar-refractivity contribution < 1.29 is 16.8 Å². The van der Waals surface area contributed by atoms with Gasteiger partial charge in [-0.1, -0.05) is 6.92 Å². The number of hydrogen-bond acceptors (Lipinski definition) is 5. The van der Waals surface area contributed by atoms with Crippen molar-refractivity contribution in [3.63, 3.8) is 0 Å². The van der Waals surface area contributed by atoms with E-state index in [0.29, 0.717) is 6.54 Å². The summed E-state index contributed by atoms with van der Waals surface area (Å²) in [5, 5.41) is 3.08. The van der Waals surface area contributed by atoms with Crippen molar-refractivity contribution in [1.82, 2.24) is 10.0 Å². The smallest absolute Gasteiger partial charge is 0.240 e. The molecule has 20 heavy (non-hydrogen) atoms. The molecule has 0 unspecified atom stereocenters. The van der Waals surface area contributed by atoms with Crippen LogP contribution in [-0.2, 0) is 19.9 Å². The first-order valence-corrected chi connectivity index (χ1v) is 9.65. The van der Waals surface area contributed by atoms with Gasteiger partial charge in [-0.3, -0.25) is 0 Å². The Morgan fingerprint density at radius 2 is 1.45 bits per heavy atom. The average Bonchev–Trinajstić information content (AvgIpc) is 2.37. The molecule has 0 radical (unpaired) electrons. The second-order valence-corrected chi connectivity index (χ2v) is 8.17. The first kappa shape index (κ1) is 17.1. The molecule has 0 fully saturated rings. The van der Waals surface area contributed by atoms with E-state index in [-0.39, 0.29) is 16.3 Å². The molecule has 8 heteroatoms. The van der Waals surface area contributed by atoms with Gasteiger partial charge in [-0.05, 0) is 37.2 Å². The van der Waals surface area contributed by atoms with Gasteiger partial charge in [0.15, 0.2) is 9.84 Å². The summed E-state index contributed by atoms with van der Waals surface area (Å²) < 4.78 is 48.9. The minimum Gasteiger partial charge on any atom is -0.315 e. The maximum Gasteiger partial charge on any atom is 0.240 e. The van der Waals surface area contributed by atoms with Gasteiger partial charge in [-0.2, -0.15) is 0 Å². The van der Waals surface area contributed by atoms with Gasteiger partial charge in [0.05, 0.1) is 9.79 Å². The predicted molar refractivity (Wildman–Crippen MR) is 77.9 cm³/mol. The zero-order chi connectivity index (χ0) is 15.2. The summed E-state index contributed by atoms with van der Waals surface area (Å²) in [6, 6.07) is 5.16. The van der Waals surface area contributed by atoms with Crippen LogP contribution in [0.5, 0.6) is 0 Å². The molecular weight excluding hydrogens is 300 g/mol. The summed E-state index contributed by atoms with van der Waals surface area (Å²) in [4.78, 5) is 0.154. The Balaban J connectivity index is 2.69. The van der Waals surface area contributed by atoms with Crippen molar-refractivity contribution in [3.05, 3.63) is 24.3 Å². The minimum atomic E-state index is -3.59. The Bertz CT molecular complexity index is 622. The Hall–Kier alpha value is -0.960. The third-order valence-electron chi connectivity index (χ3n) is 2.58. The van der Waals surface area contributed by atoms with Crippen molar-refractivity contribution in [2.24, 2.45) is 0 Å². The van der Waals surface area contributed by atoms with Crippen molar-refractivity contribution in [2.75, 3.05) is 25.9 Å². The van der Waals surface area contributed by atoms with Crippen LogP contribution in [0.1, 0.15) is 13.3 Å². The van der Waals surface area contributed by atoms with Crippen LogP contribution in [0.25, 0.3) is 0 Å². The first-order chi connectivity index (χ1) is 9.27. The molecule has 2 N–H and O–H groups in total. The standard InChI is InChI=1S/C12H20N2O4S2/c1-3-8-13-9-10-14-20(17,18)12-6-4-11(5-7-12)19(2,15)16/h4-7,13-14H,3,8-10H2,1-2H3. The highest BCUT2D eigenvalue weighted by molar-refractivity contribution is 7.90. The van der Waals surface area contributed by atoms with E-state index in [1.54, 1.807) is 0 Å². The maximum atomic E-state index is 11.9. The highest BCUT2D eigenvalue weighted by Crippen LogP contribution is 2.13. The van der Waals surface area contributed by atoms with Crippen LogP contribution in [0.4, 0.5) is 0 Å². The number of hydrogen-bond donors (Lipinski definition) is 2. The molecular formula is C12H20N2O4S2. The predicted octanol–water partition coefficient (Wildman–Crippen LogP) is 0.368. The van der Waals surface area contributed by atoms with Crippen molar-refractivity contribution >= 4 is 19.9 Å². The van der Waals surface area contributed by atoms with Gasteiger partial charge in [-0.15, -0.1) is 0 Å². The SMILES string of the molecule is CCCNCCNS(=O)(=O)c1ccc(S(C)(=O)=O)cc1. The van der Waals surface area contributed by atoms with E-state index >= 15 is 0 Å². The van der Waals surface area contributed by atoms with E-state index in [2.05, 4.69) is 10.0 Å². The third kappa shape index (κ3) is 5.20. The summed E-state index contributed by atoms with van der Waals surface area (Å²) in [7, 11) is -6.91.